The summed E-state index contributed by atoms with van der Waals surface area (Å²) in [7, 11) is 0. The minimum absolute atomic E-state index is 0.0652. The lowest BCUT2D eigenvalue weighted by atomic mass is 9.87. The second-order valence-corrected chi connectivity index (χ2v) is 8.82. The van der Waals surface area contributed by atoms with E-state index in [0.717, 1.165) is 0 Å². The SMILES string of the molecule is Nc1cc(C(=O)Nc2c(Br)cc(C(F)(C(F)(F)F)C(F)(F)C(F)(F)F)cc2Br)ccc1-n1cncn1. The van der Waals surface area contributed by atoms with Crippen LogP contribution in [0.2, 0.25) is 0 Å². The van der Waals surface area contributed by atoms with Gasteiger partial charge in [0.25, 0.3) is 5.91 Å². The number of benzene rings is 2. The van der Waals surface area contributed by atoms with Gasteiger partial charge in [-0.05, 0) is 62.2 Å². The van der Waals surface area contributed by atoms with Crippen molar-refractivity contribution in [2.75, 3.05) is 11.1 Å². The van der Waals surface area contributed by atoms with E-state index in [-0.39, 0.29) is 29.1 Å². The molecule has 6 nitrogen and oxygen atoms in total. The van der Waals surface area contributed by atoms with Gasteiger partial charge in [0, 0.05) is 20.1 Å². The fourth-order valence-electron chi connectivity index (χ4n) is 3.03. The summed E-state index contributed by atoms with van der Waals surface area (Å²) < 4.78 is 121. The number of hydrogen-bond acceptors (Lipinski definition) is 4. The number of nitrogens with two attached hydrogens (primary N) is 1. The molecule has 17 heteroatoms. The molecule has 0 radical (unpaired) electrons. The van der Waals surface area contributed by atoms with E-state index in [2.05, 4.69) is 47.3 Å². The molecule has 1 atom stereocenters. The maximum absolute atomic E-state index is 14.8. The molecule has 0 aliphatic heterocycles. The van der Waals surface area contributed by atoms with Crippen molar-refractivity contribution in [3.63, 3.8) is 0 Å². The van der Waals surface area contributed by atoms with Crippen molar-refractivity contribution in [3.8, 4) is 5.69 Å². The Morgan fingerprint density at radius 1 is 0.917 bits per heavy atom. The molecule has 0 fully saturated rings. The summed E-state index contributed by atoms with van der Waals surface area (Å²) in [5.74, 6) is -7.74. The normalized spacial score (nSPS) is 14.4. The van der Waals surface area contributed by atoms with Gasteiger partial charge >= 0.3 is 23.9 Å². The van der Waals surface area contributed by atoms with Gasteiger partial charge in [-0.15, -0.1) is 0 Å². The van der Waals surface area contributed by atoms with E-state index in [1.165, 1.54) is 35.5 Å². The van der Waals surface area contributed by atoms with Gasteiger partial charge in [0.2, 0.25) is 0 Å². The van der Waals surface area contributed by atoms with Gasteiger partial charge in [0.15, 0.2) is 0 Å². The fourth-order valence-corrected chi connectivity index (χ4v) is 4.42. The van der Waals surface area contributed by atoms with Crippen molar-refractivity contribution < 1.29 is 44.3 Å². The van der Waals surface area contributed by atoms with Crippen molar-refractivity contribution in [3.05, 3.63) is 63.1 Å². The van der Waals surface area contributed by atoms with Gasteiger partial charge in [-0.25, -0.2) is 14.1 Å². The van der Waals surface area contributed by atoms with Crippen molar-refractivity contribution >= 4 is 49.1 Å². The Bertz CT molecular complexity index is 1270. The maximum atomic E-state index is 14.8. The monoisotopic (exact) mass is 653 g/mol. The molecule has 1 unspecified atom stereocenters. The van der Waals surface area contributed by atoms with E-state index in [4.69, 9.17) is 5.73 Å². The van der Waals surface area contributed by atoms with Crippen LogP contribution in [0.15, 0.2) is 51.9 Å². The Morgan fingerprint density at radius 3 is 1.94 bits per heavy atom. The number of alkyl halides is 9. The first-order valence-electron chi connectivity index (χ1n) is 9.17. The largest absolute Gasteiger partial charge is 0.457 e. The first kappa shape index (κ1) is 27.8. The molecule has 1 heterocycles. The number of amides is 1. The highest BCUT2D eigenvalue weighted by molar-refractivity contribution is 9.11. The summed E-state index contributed by atoms with van der Waals surface area (Å²) in [6.07, 6.45) is -11.0. The van der Waals surface area contributed by atoms with Crippen molar-refractivity contribution in [2.45, 2.75) is 23.9 Å². The van der Waals surface area contributed by atoms with Crippen LogP contribution in [0, 0.1) is 0 Å². The quantitative estimate of drug-likeness (QED) is 0.241. The van der Waals surface area contributed by atoms with Crippen LogP contribution in [0.25, 0.3) is 5.69 Å². The molecule has 0 saturated carbocycles. The van der Waals surface area contributed by atoms with Crippen LogP contribution in [-0.2, 0) is 5.67 Å². The zero-order valence-electron chi connectivity index (χ0n) is 17.0. The van der Waals surface area contributed by atoms with Crippen LogP contribution in [0.3, 0.4) is 0 Å². The van der Waals surface area contributed by atoms with Crippen LogP contribution in [0.5, 0.6) is 0 Å². The fraction of sp³-hybridized carbons (Fsp3) is 0.211. The molecular weight excluding hydrogens is 645 g/mol. The topological polar surface area (TPSA) is 85.8 Å². The first-order chi connectivity index (χ1) is 16.4. The molecular formula is C19H10Br2F9N5O. The van der Waals surface area contributed by atoms with Gasteiger partial charge in [-0.2, -0.15) is 40.2 Å². The Kier molecular flexibility index (Phi) is 7.13. The lowest BCUT2D eigenvalue weighted by Crippen LogP contribution is -2.59. The number of nitrogen functional groups attached to an aromatic ring is 1. The third-order valence-corrected chi connectivity index (χ3v) is 6.06. The second kappa shape index (κ2) is 9.24. The minimum atomic E-state index is -6.87. The summed E-state index contributed by atoms with van der Waals surface area (Å²) in [5, 5.41) is 6.09. The highest BCUT2D eigenvalue weighted by Crippen LogP contribution is 2.59. The predicted molar refractivity (Wildman–Crippen MR) is 115 cm³/mol. The highest BCUT2D eigenvalue weighted by atomic mass is 79.9. The molecule has 0 saturated heterocycles. The summed E-state index contributed by atoms with van der Waals surface area (Å²) in [6, 6.07) is 4.03. The number of rotatable bonds is 5. The Morgan fingerprint density at radius 2 is 1.50 bits per heavy atom. The van der Waals surface area contributed by atoms with Crippen LogP contribution in [-0.4, -0.2) is 38.9 Å². The van der Waals surface area contributed by atoms with Gasteiger partial charge < -0.3 is 11.1 Å². The number of anilines is 2. The summed E-state index contributed by atoms with van der Waals surface area (Å²) in [6.45, 7) is 0. The van der Waals surface area contributed by atoms with Crippen LogP contribution in [0.1, 0.15) is 15.9 Å². The van der Waals surface area contributed by atoms with Crippen molar-refractivity contribution in [2.24, 2.45) is 0 Å². The van der Waals surface area contributed by atoms with Crippen molar-refractivity contribution in [1.82, 2.24) is 14.8 Å². The summed E-state index contributed by atoms with van der Waals surface area (Å²) in [5.41, 5.74) is -2.34. The van der Waals surface area contributed by atoms with Crippen molar-refractivity contribution in [1.29, 1.82) is 0 Å². The van der Waals surface area contributed by atoms with Crippen LogP contribution < -0.4 is 11.1 Å². The zero-order valence-corrected chi connectivity index (χ0v) is 20.2. The lowest BCUT2D eigenvalue weighted by molar-refractivity contribution is -0.389. The average molecular weight is 655 g/mol. The number of halogens is 11. The number of nitrogens with zero attached hydrogens (tertiary/aromatic N) is 3. The molecule has 0 spiro atoms. The standard InChI is InChI=1S/C19H10Br2F9N5O/c20-10-4-9(16(22,18(25,26)27)17(23,24)19(28,29)30)5-11(21)14(10)34-15(36)8-1-2-13(12(31)3-8)35-7-32-6-33-35/h1-7H,31H2,(H,34,36). The lowest BCUT2D eigenvalue weighted by Gasteiger charge is -2.36. The summed E-state index contributed by atoms with van der Waals surface area (Å²) >= 11 is 5.36. The van der Waals surface area contributed by atoms with E-state index < -0.39 is 44.4 Å². The highest BCUT2D eigenvalue weighted by Gasteiger charge is 2.81. The van der Waals surface area contributed by atoms with E-state index in [1.54, 1.807) is 0 Å². The molecule has 3 rings (SSSR count). The number of aromatic nitrogens is 3. The number of carbonyl (C=O) groups is 1. The van der Waals surface area contributed by atoms with E-state index >= 15 is 0 Å². The van der Waals surface area contributed by atoms with Gasteiger partial charge in [0.05, 0.1) is 17.1 Å². The Balaban J connectivity index is 1.99. The molecule has 0 bridgehead atoms. The molecule has 3 aromatic rings. The molecule has 3 N–H and O–H groups in total. The zero-order chi connectivity index (χ0) is 27.3. The second-order valence-electron chi connectivity index (χ2n) is 7.11. The van der Waals surface area contributed by atoms with Gasteiger partial charge in [-0.1, -0.05) is 0 Å². The Hall–Kier alpha value is -2.82. The molecule has 194 valence electrons. The molecule has 2 aromatic carbocycles. The third-order valence-electron chi connectivity index (χ3n) is 4.81. The molecule has 1 aromatic heterocycles. The molecule has 36 heavy (non-hydrogen) atoms. The predicted octanol–water partition coefficient (Wildman–Crippen LogP) is 6.55. The Labute approximate surface area is 211 Å². The molecule has 1 amide bonds. The third kappa shape index (κ3) is 4.65. The number of nitrogens with one attached hydrogen (secondary N) is 1. The summed E-state index contributed by atoms with van der Waals surface area (Å²) in [4.78, 5) is 16.4. The number of carbonyl (C=O) groups excluding carboxylic acids is 1. The van der Waals surface area contributed by atoms with E-state index in [0.29, 0.717) is 5.69 Å². The smallest absolute Gasteiger partial charge is 0.397 e. The number of hydrogen-bond donors (Lipinski definition) is 2. The maximum Gasteiger partial charge on any atom is 0.457 e. The van der Waals surface area contributed by atoms with Gasteiger partial charge in [0.1, 0.15) is 12.7 Å². The van der Waals surface area contributed by atoms with Crippen LogP contribution >= 0.6 is 31.9 Å². The van der Waals surface area contributed by atoms with E-state index in [1.807, 2.05) is 0 Å². The van der Waals surface area contributed by atoms with Gasteiger partial charge in [-0.3, -0.25) is 4.79 Å². The first-order valence-corrected chi connectivity index (χ1v) is 10.8. The average Bonchev–Trinajstić information content (AvgIpc) is 3.28. The minimum Gasteiger partial charge on any atom is -0.397 e. The molecule has 0 aliphatic rings. The van der Waals surface area contributed by atoms with Crippen LogP contribution in [0.4, 0.5) is 50.9 Å². The van der Waals surface area contributed by atoms with E-state index in [9.17, 15) is 44.3 Å². The molecule has 0 aliphatic carbocycles.